The van der Waals surface area contributed by atoms with E-state index < -0.39 is 0 Å². The van der Waals surface area contributed by atoms with Gasteiger partial charge in [-0.15, -0.1) is 11.3 Å². The molecule has 1 aliphatic rings. The van der Waals surface area contributed by atoms with Crippen LogP contribution in [0.5, 0.6) is 0 Å². The van der Waals surface area contributed by atoms with Gasteiger partial charge in [-0.25, -0.2) is 4.98 Å². The lowest BCUT2D eigenvalue weighted by Gasteiger charge is -2.06. The van der Waals surface area contributed by atoms with E-state index in [1.807, 2.05) is 0 Å². The Morgan fingerprint density at radius 2 is 2.36 bits per heavy atom. The largest absolute Gasteiger partial charge is 0.246 e. The van der Waals surface area contributed by atoms with Crippen LogP contribution in [0.1, 0.15) is 36.9 Å². The lowest BCUT2D eigenvalue weighted by molar-refractivity contribution is 0.644. The predicted octanol–water partition coefficient (Wildman–Crippen LogP) is 2.89. The maximum absolute atomic E-state index is 4.53. The van der Waals surface area contributed by atoms with E-state index >= 15 is 0 Å². The van der Waals surface area contributed by atoms with Crippen molar-refractivity contribution >= 4 is 11.3 Å². The van der Waals surface area contributed by atoms with Crippen molar-refractivity contribution in [3.63, 3.8) is 0 Å². The Hall–Kier alpha value is -0.370. The molecule has 0 unspecified atom stereocenters. The molecule has 0 aromatic carbocycles. The van der Waals surface area contributed by atoms with Crippen LogP contribution in [0.4, 0.5) is 0 Å². The van der Waals surface area contributed by atoms with Crippen LogP contribution in [0.3, 0.4) is 0 Å². The van der Waals surface area contributed by atoms with Crippen LogP contribution in [-0.4, -0.2) is 4.98 Å². The SMILES string of the molecule is CCC1(c2csc(C)n2)CC1. The van der Waals surface area contributed by atoms with E-state index in [9.17, 15) is 0 Å². The number of nitrogens with zero attached hydrogens (tertiary/aromatic N) is 1. The lowest BCUT2D eigenvalue weighted by atomic mass is 10.0. The van der Waals surface area contributed by atoms with Crippen LogP contribution in [0.25, 0.3) is 0 Å². The zero-order valence-corrected chi connectivity index (χ0v) is 7.87. The second kappa shape index (κ2) is 2.31. The van der Waals surface area contributed by atoms with Gasteiger partial charge in [0.25, 0.3) is 0 Å². The zero-order chi connectivity index (χ0) is 7.90. The molecule has 2 rings (SSSR count). The summed E-state index contributed by atoms with van der Waals surface area (Å²) in [6, 6.07) is 0. The average molecular weight is 167 g/mol. The van der Waals surface area contributed by atoms with Crippen molar-refractivity contribution < 1.29 is 0 Å². The highest BCUT2D eigenvalue weighted by atomic mass is 32.1. The van der Waals surface area contributed by atoms with Gasteiger partial charge < -0.3 is 0 Å². The van der Waals surface area contributed by atoms with Crippen LogP contribution < -0.4 is 0 Å². The van der Waals surface area contributed by atoms with Gasteiger partial charge >= 0.3 is 0 Å². The molecule has 1 aromatic rings. The number of rotatable bonds is 2. The first-order chi connectivity index (χ1) is 5.27. The summed E-state index contributed by atoms with van der Waals surface area (Å²) < 4.78 is 0. The molecule has 1 saturated carbocycles. The highest BCUT2D eigenvalue weighted by Gasteiger charge is 2.44. The molecule has 1 aliphatic carbocycles. The van der Waals surface area contributed by atoms with Crippen molar-refractivity contribution in [3.05, 3.63) is 16.1 Å². The fourth-order valence-electron chi connectivity index (χ4n) is 1.55. The summed E-state index contributed by atoms with van der Waals surface area (Å²) in [5.41, 5.74) is 1.85. The Morgan fingerprint density at radius 1 is 1.64 bits per heavy atom. The van der Waals surface area contributed by atoms with Crippen LogP contribution in [-0.2, 0) is 5.41 Å². The van der Waals surface area contributed by atoms with E-state index in [0.717, 1.165) is 0 Å². The first-order valence-corrected chi connectivity index (χ1v) is 5.07. The summed E-state index contributed by atoms with van der Waals surface area (Å²) in [6.07, 6.45) is 3.97. The molecule has 0 atom stereocenters. The fraction of sp³-hybridized carbons (Fsp3) is 0.667. The van der Waals surface area contributed by atoms with E-state index in [1.165, 1.54) is 30.0 Å². The first-order valence-electron chi connectivity index (χ1n) is 4.19. The van der Waals surface area contributed by atoms with Gasteiger partial charge in [0.2, 0.25) is 0 Å². The minimum atomic E-state index is 0.505. The quantitative estimate of drug-likeness (QED) is 0.660. The van der Waals surface area contributed by atoms with Gasteiger partial charge in [0.05, 0.1) is 10.7 Å². The third-order valence-corrected chi connectivity index (χ3v) is 3.47. The summed E-state index contributed by atoms with van der Waals surface area (Å²) >= 11 is 1.78. The zero-order valence-electron chi connectivity index (χ0n) is 7.05. The van der Waals surface area contributed by atoms with Crippen molar-refractivity contribution in [2.75, 3.05) is 0 Å². The summed E-state index contributed by atoms with van der Waals surface area (Å²) in [5.74, 6) is 0. The Balaban J connectivity index is 2.29. The number of hydrogen-bond acceptors (Lipinski definition) is 2. The number of aromatic nitrogens is 1. The molecule has 0 bridgehead atoms. The first kappa shape index (κ1) is 7.29. The molecule has 1 heterocycles. The third-order valence-electron chi connectivity index (χ3n) is 2.69. The molecule has 0 radical (unpaired) electrons. The fourth-order valence-corrected chi connectivity index (χ4v) is 2.28. The van der Waals surface area contributed by atoms with Crippen molar-refractivity contribution in [1.29, 1.82) is 0 Å². The third kappa shape index (κ3) is 1.09. The van der Waals surface area contributed by atoms with Crippen molar-refractivity contribution in [3.8, 4) is 0 Å². The monoisotopic (exact) mass is 167 g/mol. The Labute approximate surface area is 71.5 Å². The van der Waals surface area contributed by atoms with Crippen LogP contribution >= 0.6 is 11.3 Å². The molecular weight excluding hydrogens is 154 g/mol. The molecule has 0 N–H and O–H groups in total. The van der Waals surface area contributed by atoms with E-state index in [2.05, 4.69) is 24.2 Å². The number of hydrogen-bond donors (Lipinski definition) is 0. The van der Waals surface area contributed by atoms with Crippen LogP contribution in [0.15, 0.2) is 5.38 Å². The minimum Gasteiger partial charge on any atom is -0.246 e. The number of aryl methyl sites for hydroxylation is 1. The molecular formula is C9H13NS. The molecule has 2 heteroatoms. The maximum Gasteiger partial charge on any atom is 0.0897 e. The van der Waals surface area contributed by atoms with E-state index in [-0.39, 0.29) is 0 Å². The Bertz CT molecular complexity index is 260. The molecule has 0 spiro atoms. The van der Waals surface area contributed by atoms with Gasteiger partial charge in [0.15, 0.2) is 0 Å². The summed E-state index contributed by atoms with van der Waals surface area (Å²) in [7, 11) is 0. The molecule has 1 fully saturated rings. The number of thiazole rings is 1. The Morgan fingerprint density at radius 3 is 2.73 bits per heavy atom. The molecule has 1 nitrogen and oxygen atoms in total. The smallest absolute Gasteiger partial charge is 0.0897 e. The standard InChI is InChI=1S/C9H13NS/c1-3-9(4-5-9)8-6-11-7(2)10-8/h6H,3-5H2,1-2H3. The molecule has 0 amide bonds. The summed E-state index contributed by atoms with van der Waals surface area (Å²) in [5, 5.41) is 3.44. The van der Waals surface area contributed by atoms with E-state index in [4.69, 9.17) is 0 Å². The lowest BCUT2D eigenvalue weighted by Crippen LogP contribution is -2.04. The van der Waals surface area contributed by atoms with Crippen molar-refractivity contribution in [2.45, 2.75) is 38.5 Å². The van der Waals surface area contributed by atoms with Crippen molar-refractivity contribution in [2.24, 2.45) is 0 Å². The van der Waals surface area contributed by atoms with E-state index in [1.54, 1.807) is 11.3 Å². The summed E-state index contributed by atoms with van der Waals surface area (Å²) in [6.45, 7) is 4.35. The van der Waals surface area contributed by atoms with Gasteiger partial charge in [-0.2, -0.15) is 0 Å². The summed E-state index contributed by atoms with van der Waals surface area (Å²) in [4.78, 5) is 4.53. The predicted molar refractivity (Wildman–Crippen MR) is 48.1 cm³/mol. The maximum atomic E-state index is 4.53. The molecule has 11 heavy (non-hydrogen) atoms. The Kier molecular flexibility index (Phi) is 1.53. The van der Waals surface area contributed by atoms with Gasteiger partial charge in [-0.3, -0.25) is 0 Å². The molecule has 1 aromatic heterocycles. The van der Waals surface area contributed by atoms with Gasteiger partial charge in [0.1, 0.15) is 0 Å². The highest BCUT2D eigenvalue weighted by Crippen LogP contribution is 2.50. The van der Waals surface area contributed by atoms with Crippen LogP contribution in [0.2, 0.25) is 0 Å². The van der Waals surface area contributed by atoms with Gasteiger partial charge in [-0.1, -0.05) is 6.92 Å². The van der Waals surface area contributed by atoms with Crippen molar-refractivity contribution in [1.82, 2.24) is 4.98 Å². The average Bonchev–Trinajstić information content (AvgIpc) is 2.70. The van der Waals surface area contributed by atoms with E-state index in [0.29, 0.717) is 5.41 Å². The molecule has 0 saturated heterocycles. The van der Waals surface area contributed by atoms with Crippen LogP contribution in [0, 0.1) is 6.92 Å². The second-order valence-corrected chi connectivity index (χ2v) is 4.45. The topological polar surface area (TPSA) is 12.9 Å². The molecule has 0 aliphatic heterocycles. The van der Waals surface area contributed by atoms with Gasteiger partial charge in [-0.05, 0) is 26.2 Å². The second-order valence-electron chi connectivity index (χ2n) is 3.39. The normalized spacial score (nSPS) is 20.2. The highest BCUT2D eigenvalue weighted by molar-refractivity contribution is 7.09. The van der Waals surface area contributed by atoms with Gasteiger partial charge in [0, 0.05) is 10.8 Å². The molecule has 60 valence electrons. The minimum absolute atomic E-state index is 0.505.